The average Bonchev–Trinajstić information content (AvgIpc) is 2.44. The van der Waals surface area contributed by atoms with Crippen LogP contribution in [0.2, 0.25) is 0 Å². The lowest BCUT2D eigenvalue weighted by molar-refractivity contribution is -0.0560. The van der Waals surface area contributed by atoms with E-state index in [4.69, 9.17) is 4.74 Å². The first-order chi connectivity index (χ1) is 9.13. The molecule has 1 fully saturated rings. The summed E-state index contributed by atoms with van der Waals surface area (Å²) in [7, 11) is 1.56. The van der Waals surface area contributed by atoms with E-state index in [0.717, 1.165) is 37.8 Å². The van der Waals surface area contributed by atoms with E-state index in [1.54, 1.807) is 7.11 Å². The molecule has 1 N–H and O–H groups in total. The maximum atomic E-state index is 13.2. The molecule has 106 valence electrons. The fourth-order valence-corrected chi connectivity index (χ4v) is 2.93. The van der Waals surface area contributed by atoms with Crippen molar-refractivity contribution in [1.29, 1.82) is 0 Å². The lowest BCUT2D eigenvalue weighted by atomic mass is 9.82. The van der Waals surface area contributed by atoms with Crippen molar-refractivity contribution in [3.63, 3.8) is 0 Å². The summed E-state index contributed by atoms with van der Waals surface area (Å²) in [4.78, 5) is 0. The third-order valence-corrected chi connectivity index (χ3v) is 3.98. The SMILES string of the molecule is COC(C1CCCCC1)C(O)c1ccc(F)c(F)c1. The predicted molar refractivity (Wildman–Crippen MR) is 68.7 cm³/mol. The van der Waals surface area contributed by atoms with Crippen molar-refractivity contribution < 1.29 is 18.6 Å². The van der Waals surface area contributed by atoms with E-state index in [9.17, 15) is 13.9 Å². The largest absolute Gasteiger partial charge is 0.386 e. The number of rotatable bonds is 4. The Hall–Kier alpha value is -1.00. The maximum Gasteiger partial charge on any atom is 0.159 e. The van der Waals surface area contributed by atoms with Gasteiger partial charge in [-0.2, -0.15) is 0 Å². The summed E-state index contributed by atoms with van der Waals surface area (Å²) in [5.41, 5.74) is 0.372. The molecule has 0 aromatic heterocycles. The Labute approximate surface area is 112 Å². The first-order valence-corrected chi connectivity index (χ1v) is 6.79. The van der Waals surface area contributed by atoms with Crippen LogP contribution >= 0.6 is 0 Å². The van der Waals surface area contributed by atoms with Crippen LogP contribution in [0.5, 0.6) is 0 Å². The van der Waals surface area contributed by atoms with Crippen molar-refractivity contribution in [3.05, 3.63) is 35.4 Å². The topological polar surface area (TPSA) is 29.5 Å². The van der Waals surface area contributed by atoms with Gasteiger partial charge in [-0.1, -0.05) is 25.3 Å². The van der Waals surface area contributed by atoms with E-state index in [0.29, 0.717) is 5.56 Å². The fourth-order valence-electron chi connectivity index (χ4n) is 2.93. The number of hydrogen-bond acceptors (Lipinski definition) is 2. The van der Waals surface area contributed by atoms with Crippen LogP contribution in [0.25, 0.3) is 0 Å². The highest BCUT2D eigenvalue weighted by molar-refractivity contribution is 5.21. The first kappa shape index (κ1) is 14.4. The first-order valence-electron chi connectivity index (χ1n) is 6.79. The molecule has 0 heterocycles. The zero-order valence-electron chi connectivity index (χ0n) is 11.1. The zero-order valence-corrected chi connectivity index (χ0v) is 11.1. The molecule has 0 aliphatic heterocycles. The van der Waals surface area contributed by atoms with Crippen LogP contribution in [0.15, 0.2) is 18.2 Å². The summed E-state index contributed by atoms with van der Waals surface area (Å²) in [5, 5.41) is 10.3. The van der Waals surface area contributed by atoms with Gasteiger partial charge in [0.15, 0.2) is 11.6 Å². The van der Waals surface area contributed by atoms with Crippen LogP contribution < -0.4 is 0 Å². The van der Waals surface area contributed by atoms with Crippen molar-refractivity contribution in [1.82, 2.24) is 0 Å². The molecular weight excluding hydrogens is 250 g/mol. The molecule has 0 spiro atoms. The van der Waals surface area contributed by atoms with Crippen LogP contribution in [0.4, 0.5) is 8.78 Å². The summed E-state index contributed by atoms with van der Waals surface area (Å²) in [6.45, 7) is 0. The van der Waals surface area contributed by atoms with Crippen LogP contribution in [0.1, 0.15) is 43.8 Å². The van der Waals surface area contributed by atoms with Crippen molar-refractivity contribution >= 4 is 0 Å². The Bertz CT molecular complexity index is 417. The third kappa shape index (κ3) is 3.31. The van der Waals surface area contributed by atoms with E-state index in [2.05, 4.69) is 0 Å². The van der Waals surface area contributed by atoms with Gasteiger partial charge in [-0.3, -0.25) is 0 Å². The maximum absolute atomic E-state index is 13.2. The minimum atomic E-state index is -0.935. The Morgan fingerprint density at radius 2 is 1.84 bits per heavy atom. The quantitative estimate of drug-likeness (QED) is 0.906. The van der Waals surface area contributed by atoms with Gasteiger partial charge >= 0.3 is 0 Å². The normalized spacial score (nSPS) is 20.2. The molecule has 2 atom stereocenters. The molecule has 0 radical (unpaired) electrons. The van der Waals surface area contributed by atoms with Gasteiger partial charge in [0, 0.05) is 7.11 Å². The smallest absolute Gasteiger partial charge is 0.159 e. The summed E-state index contributed by atoms with van der Waals surface area (Å²) in [6, 6.07) is 3.51. The fraction of sp³-hybridized carbons (Fsp3) is 0.600. The highest BCUT2D eigenvalue weighted by Crippen LogP contribution is 2.34. The van der Waals surface area contributed by atoms with Gasteiger partial charge in [0.25, 0.3) is 0 Å². The average molecular weight is 270 g/mol. The van der Waals surface area contributed by atoms with Crippen LogP contribution in [0, 0.1) is 17.6 Å². The van der Waals surface area contributed by atoms with Crippen LogP contribution in [-0.2, 0) is 4.74 Å². The number of ether oxygens (including phenoxy) is 1. The molecule has 0 amide bonds. The van der Waals surface area contributed by atoms with Crippen molar-refractivity contribution in [2.24, 2.45) is 5.92 Å². The molecular formula is C15H20F2O2. The number of hydrogen-bond donors (Lipinski definition) is 1. The number of benzene rings is 1. The van der Waals surface area contributed by atoms with Gasteiger partial charge in [-0.25, -0.2) is 8.78 Å². The minimum absolute atomic E-state index is 0.280. The molecule has 2 nitrogen and oxygen atoms in total. The summed E-state index contributed by atoms with van der Waals surface area (Å²) >= 11 is 0. The molecule has 2 unspecified atom stereocenters. The van der Waals surface area contributed by atoms with E-state index < -0.39 is 17.7 Å². The molecule has 1 aliphatic carbocycles. The summed E-state index contributed by atoms with van der Waals surface area (Å²) in [5.74, 6) is -1.56. The molecule has 4 heteroatoms. The monoisotopic (exact) mass is 270 g/mol. The van der Waals surface area contributed by atoms with Gasteiger partial charge in [0.2, 0.25) is 0 Å². The standard InChI is InChI=1S/C15H20F2O2/c1-19-15(10-5-3-2-4-6-10)14(18)11-7-8-12(16)13(17)9-11/h7-10,14-15,18H,2-6H2,1H3. The van der Waals surface area contributed by atoms with Gasteiger partial charge in [-0.15, -0.1) is 0 Å². The summed E-state index contributed by atoms with van der Waals surface area (Å²) in [6.07, 6.45) is 4.24. The lowest BCUT2D eigenvalue weighted by Crippen LogP contribution is -2.31. The number of halogens is 2. The Morgan fingerprint density at radius 3 is 2.42 bits per heavy atom. The molecule has 19 heavy (non-hydrogen) atoms. The Morgan fingerprint density at radius 1 is 1.16 bits per heavy atom. The van der Waals surface area contributed by atoms with Gasteiger partial charge < -0.3 is 9.84 Å². The number of aliphatic hydroxyl groups excluding tert-OH is 1. The number of aliphatic hydroxyl groups is 1. The minimum Gasteiger partial charge on any atom is -0.386 e. The highest BCUT2D eigenvalue weighted by atomic mass is 19.2. The van der Waals surface area contributed by atoms with Crippen LogP contribution in [0.3, 0.4) is 0 Å². The van der Waals surface area contributed by atoms with Crippen molar-refractivity contribution in [2.75, 3.05) is 7.11 Å². The third-order valence-electron chi connectivity index (χ3n) is 3.98. The van der Waals surface area contributed by atoms with Gasteiger partial charge in [0.05, 0.1) is 6.10 Å². The second kappa shape index (κ2) is 6.44. The van der Waals surface area contributed by atoms with Crippen LogP contribution in [-0.4, -0.2) is 18.3 Å². The molecule has 1 aromatic rings. The second-order valence-corrected chi connectivity index (χ2v) is 5.22. The molecule has 2 rings (SSSR count). The number of methoxy groups -OCH3 is 1. The second-order valence-electron chi connectivity index (χ2n) is 5.22. The van der Waals surface area contributed by atoms with E-state index in [1.807, 2.05) is 0 Å². The highest BCUT2D eigenvalue weighted by Gasteiger charge is 2.30. The Kier molecular flexibility index (Phi) is 4.88. The van der Waals surface area contributed by atoms with Gasteiger partial charge in [0.1, 0.15) is 6.10 Å². The van der Waals surface area contributed by atoms with E-state index in [-0.39, 0.29) is 12.0 Å². The van der Waals surface area contributed by atoms with E-state index in [1.165, 1.54) is 12.5 Å². The lowest BCUT2D eigenvalue weighted by Gasteiger charge is -2.32. The molecule has 1 aliphatic rings. The molecule has 0 saturated heterocycles. The molecule has 0 bridgehead atoms. The zero-order chi connectivity index (χ0) is 13.8. The van der Waals surface area contributed by atoms with Crippen molar-refractivity contribution in [2.45, 2.75) is 44.3 Å². The Balaban J connectivity index is 2.14. The molecule has 1 aromatic carbocycles. The molecule has 1 saturated carbocycles. The van der Waals surface area contributed by atoms with Gasteiger partial charge in [-0.05, 0) is 36.5 Å². The summed E-state index contributed by atoms with van der Waals surface area (Å²) < 4.78 is 31.5. The predicted octanol–water partition coefficient (Wildman–Crippen LogP) is 3.59. The van der Waals surface area contributed by atoms with Crippen molar-refractivity contribution in [3.8, 4) is 0 Å². The van der Waals surface area contributed by atoms with E-state index >= 15 is 0 Å².